The van der Waals surface area contributed by atoms with Crippen LogP contribution in [-0.2, 0) is 16.1 Å². The average Bonchev–Trinajstić information content (AvgIpc) is 3.09. The molecule has 144 valence electrons. The molecule has 0 saturated carbocycles. The lowest BCUT2D eigenvalue weighted by molar-refractivity contribution is -0.129. The summed E-state index contributed by atoms with van der Waals surface area (Å²) in [7, 11) is 0. The van der Waals surface area contributed by atoms with Gasteiger partial charge in [-0.25, -0.2) is 9.79 Å². The number of esters is 1. The number of benzene rings is 3. The number of aliphatic imine (C=N–C) groups is 1. The van der Waals surface area contributed by atoms with Gasteiger partial charge in [-0.1, -0.05) is 71.7 Å². The Morgan fingerprint density at radius 2 is 1.59 bits per heavy atom. The molecule has 1 aliphatic heterocycles. The molecule has 1 aliphatic rings. The molecule has 0 amide bonds. The highest BCUT2D eigenvalue weighted by atomic mass is 35.5. The van der Waals surface area contributed by atoms with Crippen molar-refractivity contribution in [3.05, 3.63) is 105 Å². The fourth-order valence-corrected chi connectivity index (χ4v) is 3.22. The lowest BCUT2D eigenvalue weighted by atomic mass is 10.1. The number of para-hydroxylation sites is 1. The van der Waals surface area contributed by atoms with E-state index < -0.39 is 5.97 Å². The monoisotopic (exact) mass is 423 g/mol. The number of rotatable bonds is 5. The van der Waals surface area contributed by atoms with E-state index in [1.54, 1.807) is 30.3 Å². The predicted octanol–water partition coefficient (Wildman–Crippen LogP) is 5.92. The Bertz CT molecular complexity index is 1140. The van der Waals surface area contributed by atoms with Gasteiger partial charge in [0.1, 0.15) is 12.4 Å². The van der Waals surface area contributed by atoms with Crippen molar-refractivity contribution in [1.29, 1.82) is 0 Å². The summed E-state index contributed by atoms with van der Waals surface area (Å²) in [6.07, 6.45) is 1.63. The van der Waals surface area contributed by atoms with Crippen LogP contribution in [0.4, 0.5) is 0 Å². The van der Waals surface area contributed by atoms with Crippen LogP contribution in [0.3, 0.4) is 0 Å². The van der Waals surface area contributed by atoms with Gasteiger partial charge < -0.3 is 9.47 Å². The first-order valence-electron chi connectivity index (χ1n) is 8.84. The first kappa shape index (κ1) is 19.2. The normalized spacial score (nSPS) is 14.6. The molecule has 3 aromatic carbocycles. The zero-order chi connectivity index (χ0) is 20.2. The quantitative estimate of drug-likeness (QED) is 0.378. The molecule has 0 atom stereocenters. The van der Waals surface area contributed by atoms with E-state index in [2.05, 4.69) is 4.99 Å². The Morgan fingerprint density at radius 3 is 2.38 bits per heavy atom. The van der Waals surface area contributed by atoms with Crippen molar-refractivity contribution < 1.29 is 14.3 Å². The molecule has 0 fully saturated rings. The van der Waals surface area contributed by atoms with Gasteiger partial charge in [0.2, 0.25) is 5.90 Å². The third kappa shape index (κ3) is 4.34. The Hall–Kier alpha value is -3.08. The summed E-state index contributed by atoms with van der Waals surface area (Å²) in [5, 5.41) is 1.10. The molecule has 4 nitrogen and oxygen atoms in total. The summed E-state index contributed by atoms with van der Waals surface area (Å²) in [6.45, 7) is 0.304. The molecule has 29 heavy (non-hydrogen) atoms. The lowest BCUT2D eigenvalue weighted by Crippen LogP contribution is -2.05. The van der Waals surface area contributed by atoms with Crippen molar-refractivity contribution in [3.8, 4) is 5.75 Å². The van der Waals surface area contributed by atoms with Crippen molar-refractivity contribution in [2.75, 3.05) is 0 Å². The van der Waals surface area contributed by atoms with Crippen molar-refractivity contribution in [3.63, 3.8) is 0 Å². The third-order valence-electron chi connectivity index (χ3n) is 4.28. The molecule has 3 aromatic rings. The minimum atomic E-state index is -0.541. The van der Waals surface area contributed by atoms with E-state index in [1.807, 2.05) is 48.5 Å². The standard InChI is InChI=1S/C23H15Cl2NO3/c24-18-10-4-1-8-16(18)14-28-21-12-6-2-7-15(21)13-20-23(27)29-22(26-20)17-9-3-5-11-19(17)25/h1-13H,14H2/b20-13-. The van der Waals surface area contributed by atoms with Crippen LogP contribution in [0.2, 0.25) is 10.0 Å². The largest absolute Gasteiger partial charge is 0.488 e. The molecule has 0 aromatic heterocycles. The van der Waals surface area contributed by atoms with Crippen molar-refractivity contribution in [2.24, 2.45) is 4.99 Å². The summed E-state index contributed by atoms with van der Waals surface area (Å²) in [6, 6.07) is 21.9. The fraction of sp³-hybridized carbons (Fsp3) is 0.0435. The van der Waals surface area contributed by atoms with E-state index in [0.717, 1.165) is 5.56 Å². The van der Waals surface area contributed by atoms with Crippen LogP contribution in [0.15, 0.2) is 83.5 Å². The van der Waals surface area contributed by atoms with Crippen LogP contribution in [-0.4, -0.2) is 11.9 Å². The third-order valence-corrected chi connectivity index (χ3v) is 4.98. The number of ether oxygens (including phenoxy) is 2. The Labute approximate surface area is 178 Å². The average molecular weight is 424 g/mol. The van der Waals surface area contributed by atoms with Gasteiger partial charge in [-0.3, -0.25) is 0 Å². The second-order valence-electron chi connectivity index (χ2n) is 6.23. The van der Waals surface area contributed by atoms with Crippen molar-refractivity contribution in [1.82, 2.24) is 0 Å². The number of cyclic esters (lactones) is 1. The Kier molecular flexibility index (Phi) is 5.65. The summed E-state index contributed by atoms with van der Waals surface area (Å²) >= 11 is 12.4. The van der Waals surface area contributed by atoms with Gasteiger partial charge in [-0.05, 0) is 30.3 Å². The number of hydrogen-bond acceptors (Lipinski definition) is 4. The number of carbonyl (C=O) groups excluding carboxylic acids is 1. The van der Waals surface area contributed by atoms with Gasteiger partial charge in [-0.15, -0.1) is 0 Å². The first-order valence-corrected chi connectivity index (χ1v) is 9.60. The molecule has 0 saturated heterocycles. The molecule has 0 unspecified atom stereocenters. The number of carbonyl (C=O) groups is 1. The highest BCUT2D eigenvalue weighted by Gasteiger charge is 2.25. The molecule has 0 bridgehead atoms. The molecule has 4 rings (SSSR count). The van der Waals surface area contributed by atoms with Gasteiger partial charge in [0.15, 0.2) is 5.70 Å². The van der Waals surface area contributed by atoms with E-state index in [9.17, 15) is 4.79 Å². The lowest BCUT2D eigenvalue weighted by Gasteiger charge is -2.10. The number of hydrogen-bond donors (Lipinski definition) is 0. The number of halogens is 2. The maximum atomic E-state index is 12.3. The minimum Gasteiger partial charge on any atom is -0.488 e. The van der Waals surface area contributed by atoms with Crippen LogP contribution >= 0.6 is 23.2 Å². The van der Waals surface area contributed by atoms with Crippen LogP contribution in [0.1, 0.15) is 16.7 Å². The van der Waals surface area contributed by atoms with Crippen molar-refractivity contribution in [2.45, 2.75) is 6.61 Å². The molecule has 6 heteroatoms. The maximum absolute atomic E-state index is 12.3. The van der Waals surface area contributed by atoms with E-state index in [4.69, 9.17) is 32.7 Å². The topological polar surface area (TPSA) is 47.9 Å². The molecule has 1 heterocycles. The van der Waals surface area contributed by atoms with Gasteiger partial charge >= 0.3 is 5.97 Å². The van der Waals surface area contributed by atoms with Crippen LogP contribution < -0.4 is 4.74 Å². The predicted molar refractivity (Wildman–Crippen MR) is 114 cm³/mol. The van der Waals surface area contributed by atoms with E-state index in [-0.39, 0.29) is 11.6 Å². The summed E-state index contributed by atoms with van der Waals surface area (Å²) in [5.74, 6) is 0.247. The van der Waals surface area contributed by atoms with E-state index >= 15 is 0 Å². The molecule has 0 N–H and O–H groups in total. The molecule has 0 spiro atoms. The fourth-order valence-electron chi connectivity index (χ4n) is 2.81. The van der Waals surface area contributed by atoms with Gasteiger partial charge in [0, 0.05) is 16.1 Å². The molecular weight excluding hydrogens is 409 g/mol. The first-order chi connectivity index (χ1) is 14.1. The summed E-state index contributed by atoms with van der Waals surface area (Å²) in [4.78, 5) is 16.6. The van der Waals surface area contributed by atoms with E-state index in [1.165, 1.54) is 0 Å². The summed E-state index contributed by atoms with van der Waals surface area (Å²) in [5.41, 5.74) is 2.31. The minimum absolute atomic E-state index is 0.175. The highest BCUT2D eigenvalue weighted by Crippen LogP contribution is 2.27. The van der Waals surface area contributed by atoms with E-state index in [0.29, 0.717) is 33.5 Å². The van der Waals surface area contributed by atoms with Crippen LogP contribution in [0, 0.1) is 0 Å². The highest BCUT2D eigenvalue weighted by molar-refractivity contribution is 6.34. The van der Waals surface area contributed by atoms with Gasteiger partial charge in [-0.2, -0.15) is 0 Å². The van der Waals surface area contributed by atoms with Crippen LogP contribution in [0.25, 0.3) is 6.08 Å². The molecular formula is C23H15Cl2NO3. The smallest absolute Gasteiger partial charge is 0.363 e. The zero-order valence-electron chi connectivity index (χ0n) is 15.1. The van der Waals surface area contributed by atoms with Crippen molar-refractivity contribution >= 4 is 41.1 Å². The molecule has 0 radical (unpaired) electrons. The SMILES string of the molecule is O=C1OC(c2ccccc2Cl)=N/C1=C\c1ccccc1OCc1ccccc1Cl. The van der Waals surface area contributed by atoms with Gasteiger partial charge in [0.25, 0.3) is 0 Å². The second kappa shape index (κ2) is 8.52. The molecule has 0 aliphatic carbocycles. The summed E-state index contributed by atoms with van der Waals surface area (Å²) < 4.78 is 11.2. The van der Waals surface area contributed by atoms with Crippen LogP contribution in [0.5, 0.6) is 5.75 Å². The number of nitrogens with zero attached hydrogens (tertiary/aromatic N) is 1. The second-order valence-corrected chi connectivity index (χ2v) is 7.05. The zero-order valence-corrected chi connectivity index (χ0v) is 16.7. The Morgan fingerprint density at radius 1 is 0.897 bits per heavy atom. The maximum Gasteiger partial charge on any atom is 0.363 e. The Balaban J connectivity index is 1.61. The van der Waals surface area contributed by atoms with Gasteiger partial charge in [0.05, 0.1) is 10.6 Å².